The number of aliphatic hydroxyl groups is 1. The predicted octanol–water partition coefficient (Wildman–Crippen LogP) is 1.93. The van der Waals surface area contributed by atoms with E-state index < -0.39 is 11.6 Å². The lowest BCUT2D eigenvalue weighted by Gasteiger charge is -2.32. The Morgan fingerprint density at radius 2 is 2.09 bits per heavy atom. The molecule has 1 fully saturated rings. The van der Waals surface area contributed by atoms with E-state index in [9.17, 15) is 13.9 Å². The molecule has 0 unspecified atom stereocenters. The molecule has 4 nitrogen and oxygen atoms in total. The molecule has 122 valence electrons. The third-order valence-corrected chi connectivity index (χ3v) is 3.75. The van der Waals surface area contributed by atoms with Crippen molar-refractivity contribution in [2.75, 3.05) is 26.2 Å². The molecule has 1 aromatic carbocycles. The molecular formula is C16H23F2N3O. The van der Waals surface area contributed by atoms with Crippen LogP contribution in [0.25, 0.3) is 0 Å². The van der Waals surface area contributed by atoms with Gasteiger partial charge in [0, 0.05) is 26.2 Å². The maximum Gasteiger partial charge on any atom is 0.193 e. The number of aliphatic imine (C=N–C) groups is 1. The number of halogens is 2. The first kappa shape index (κ1) is 16.7. The molecule has 0 bridgehead atoms. The molecule has 1 aromatic rings. The summed E-state index contributed by atoms with van der Waals surface area (Å²) in [5.41, 5.74) is 0.341. The van der Waals surface area contributed by atoms with E-state index in [0.29, 0.717) is 18.5 Å². The van der Waals surface area contributed by atoms with E-state index in [0.717, 1.165) is 50.6 Å². The number of piperidine rings is 1. The third kappa shape index (κ3) is 4.66. The number of hydrogen-bond acceptors (Lipinski definition) is 2. The highest BCUT2D eigenvalue weighted by atomic mass is 19.1. The Bertz CT molecular complexity index is 514. The highest BCUT2D eigenvalue weighted by Crippen LogP contribution is 2.12. The number of nitrogens with zero attached hydrogens (tertiary/aromatic N) is 2. The van der Waals surface area contributed by atoms with Gasteiger partial charge >= 0.3 is 0 Å². The molecule has 2 N–H and O–H groups in total. The summed E-state index contributed by atoms with van der Waals surface area (Å²) in [6.45, 7) is 4.62. The van der Waals surface area contributed by atoms with Gasteiger partial charge in [0.1, 0.15) is 11.6 Å². The molecule has 1 aliphatic heterocycles. The Morgan fingerprint density at radius 3 is 2.77 bits per heavy atom. The quantitative estimate of drug-likeness (QED) is 0.660. The fourth-order valence-corrected chi connectivity index (χ4v) is 2.52. The molecular weight excluding hydrogens is 288 g/mol. The van der Waals surface area contributed by atoms with Gasteiger partial charge < -0.3 is 15.3 Å². The zero-order valence-electron chi connectivity index (χ0n) is 12.9. The topological polar surface area (TPSA) is 47.9 Å². The maximum atomic E-state index is 13.6. The Hall–Kier alpha value is -1.69. The summed E-state index contributed by atoms with van der Waals surface area (Å²) >= 11 is 0. The van der Waals surface area contributed by atoms with E-state index in [4.69, 9.17) is 0 Å². The molecule has 0 spiro atoms. The van der Waals surface area contributed by atoms with Crippen LogP contribution in [-0.4, -0.2) is 48.2 Å². The third-order valence-electron chi connectivity index (χ3n) is 3.75. The number of likely N-dealkylation sites (tertiary alicyclic amines) is 1. The summed E-state index contributed by atoms with van der Waals surface area (Å²) in [6, 6.07) is 3.48. The van der Waals surface area contributed by atoms with Crippen molar-refractivity contribution < 1.29 is 13.9 Å². The van der Waals surface area contributed by atoms with Crippen LogP contribution >= 0.6 is 0 Å². The van der Waals surface area contributed by atoms with Gasteiger partial charge in [-0.15, -0.1) is 0 Å². The van der Waals surface area contributed by atoms with Gasteiger partial charge in [0.15, 0.2) is 5.96 Å². The first-order valence-corrected chi connectivity index (χ1v) is 7.75. The zero-order chi connectivity index (χ0) is 15.9. The first-order chi connectivity index (χ1) is 10.6. The Morgan fingerprint density at radius 1 is 1.36 bits per heavy atom. The van der Waals surface area contributed by atoms with Crippen LogP contribution in [0.15, 0.2) is 23.2 Å². The van der Waals surface area contributed by atoms with Crippen LogP contribution in [0, 0.1) is 11.6 Å². The van der Waals surface area contributed by atoms with E-state index in [1.165, 1.54) is 6.07 Å². The van der Waals surface area contributed by atoms with Crippen molar-refractivity contribution in [3.05, 3.63) is 35.4 Å². The summed E-state index contributed by atoms with van der Waals surface area (Å²) in [6.07, 6.45) is 1.57. The van der Waals surface area contributed by atoms with Crippen LogP contribution in [0.2, 0.25) is 0 Å². The van der Waals surface area contributed by atoms with E-state index in [-0.39, 0.29) is 6.10 Å². The van der Waals surface area contributed by atoms with Gasteiger partial charge in [-0.1, -0.05) is 0 Å². The summed E-state index contributed by atoms with van der Waals surface area (Å²) < 4.78 is 26.7. The van der Waals surface area contributed by atoms with Crippen LogP contribution in [0.4, 0.5) is 8.78 Å². The van der Waals surface area contributed by atoms with Crippen molar-refractivity contribution >= 4 is 5.96 Å². The number of benzene rings is 1. The maximum absolute atomic E-state index is 13.6. The first-order valence-electron chi connectivity index (χ1n) is 7.75. The number of rotatable bonds is 4. The van der Waals surface area contributed by atoms with Gasteiger partial charge in [-0.05, 0) is 49.9 Å². The van der Waals surface area contributed by atoms with E-state index in [1.807, 2.05) is 6.92 Å². The molecule has 1 aliphatic rings. The van der Waals surface area contributed by atoms with Gasteiger partial charge in [0.2, 0.25) is 0 Å². The van der Waals surface area contributed by atoms with Crippen molar-refractivity contribution in [1.29, 1.82) is 0 Å². The van der Waals surface area contributed by atoms with Gasteiger partial charge in [-0.25, -0.2) is 8.78 Å². The minimum Gasteiger partial charge on any atom is -0.393 e. The van der Waals surface area contributed by atoms with Crippen LogP contribution in [0.3, 0.4) is 0 Å². The molecule has 0 atom stereocenters. The van der Waals surface area contributed by atoms with Gasteiger partial charge in [-0.3, -0.25) is 4.99 Å². The molecule has 1 heterocycles. The second kappa shape index (κ2) is 8.08. The fraction of sp³-hybridized carbons (Fsp3) is 0.562. The standard InChI is InChI=1S/C16H23F2N3O/c1-2-19-16(21-9-6-14(22)7-10-21)20-8-5-12-11-13(17)3-4-15(12)18/h3-4,11,14,22H,2,5-10H2,1H3,(H,19,20). The molecule has 0 amide bonds. The molecule has 2 rings (SSSR count). The molecule has 0 saturated carbocycles. The van der Waals surface area contributed by atoms with Crippen molar-refractivity contribution in [2.24, 2.45) is 4.99 Å². The highest BCUT2D eigenvalue weighted by molar-refractivity contribution is 5.80. The second-order valence-electron chi connectivity index (χ2n) is 5.44. The molecule has 0 radical (unpaired) electrons. The van der Waals surface area contributed by atoms with Crippen LogP contribution < -0.4 is 5.32 Å². The zero-order valence-corrected chi connectivity index (χ0v) is 12.9. The number of nitrogens with one attached hydrogen (secondary N) is 1. The Kier molecular flexibility index (Phi) is 6.12. The van der Waals surface area contributed by atoms with E-state index >= 15 is 0 Å². The number of hydrogen-bond donors (Lipinski definition) is 2. The normalized spacial score (nSPS) is 16.9. The van der Waals surface area contributed by atoms with Gasteiger partial charge in [0.05, 0.1) is 6.10 Å². The largest absolute Gasteiger partial charge is 0.393 e. The Balaban J connectivity index is 1.96. The molecule has 1 saturated heterocycles. The van der Waals surface area contributed by atoms with Crippen molar-refractivity contribution in [3.63, 3.8) is 0 Å². The number of aliphatic hydroxyl groups excluding tert-OH is 1. The molecule has 6 heteroatoms. The molecule has 22 heavy (non-hydrogen) atoms. The Labute approximate surface area is 129 Å². The lowest BCUT2D eigenvalue weighted by Crippen LogP contribution is -2.46. The summed E-state index contributed by atoms with van der Waals surface area (Å²) in [5, 5.41) is 12.8. The number of guanidine groups is 1. The summed E-state index contributed by atoms with van der Waals surface area (Å²) in [7, 11) is 0. The summed E-state index contributed by atoms with van der Waals surface area (Å²) in [4.78, 5) is 6.58. The average Bonchev–Trinajstić information content (AvgIpc) is 2.51. The highest BCUT2D eigenvalue weighted by Gasteiger charge is 2.19. The molecule has 0 aromatic heterocycles. The van der Waals surface area contributed by atoms with Crippen LogP contribution in [-0.2, 0) is 6.42 Å². The lowest BCUT2D eigenvalue weighted by molar-refractivity contribution is 0.108. The smallest absolute Gasteiger partial charge is 0.193 e. The van der Waals surface area contributed by atoms with Crippen LogP contribution in [0.1, 0.15) is 25.3 Å². The lowest BCUT2D eigenvalue weighted by atomic mass is 10.1. The van der Waals surface area contributed by atoms with Gasteiger partial charge in [-0.2, -0.15) is 0 Å². The van der Waals surface area contributed by atoms with Crippen LogP contribution in [0.5, 0.6) is 0 Å². The summed E-state index contributed by atoms with van der Waals surface area (Å²) in [5.74, 6) is -0.0637. The van der Waals surface area contributed by atoms with Gasteiger partial charge in [0.25, 0.3) is 0 Å². The van der Waals surface area contributed by atoms with Crippen molar-refractivity contribution in [1.82, 2.24) is 10.2 Å². The van der Waals surface area contributed by atoms with E-state index in [1.54, 1.807) is 0 Å². The van der Waals surface area contributed by atoms with Crippen molar-refractivity contribution in [3.8, 4) is 0 Å². The monoisotopic (exact) mass is 311 g/mol. The second-order valence-corrected chi connectivity index (χ2v) is 5.44. The predicted molar refractivity (Wildman–Crippen MR) is 82.9 cm³/mol. The average molecular weight is 311 g/mol. The van der Waals surface area contributed by atoms with Crippen molar-refractivity contribution in [2.45, 2.75) is 32.3 Å². The molecule has 0 aliphatic carbocycles. The minimum absolute atomic E-state index is 0.236. The SMILES string of the molecule is CCNC(=NCCc1cc(F)ccc1F)N1CCC(O)CC1. The minimum atomic E-state index is -0.433. The fourth-order valence-electron chi connectivity index (χ4n) is 2.52. The van der Waals surface area contributed by atoms with E-state index in [2.05, 4.69) is 15.2 Å².